The molecule has 0 fully saturated rings. The first-order valence-electron chi connectivity index (χ1n) is 7.77. The average Bonchev–Trinajstić information content (AvgIpc) is 3.09. The van der Waals surface area contributed by atoms with Gasteiger partial charge in [-0.05, 0) is 29.8 Å². The van der Waals surface area contributed by atoms with Crippen molar-refractivity contribution < 1.29 is 14.0 Å². The smallest absolute Gasteiger partial charge is 0.248 e. The fourth-order valence-corrected chi connectivity index (χ4v) is 2.36. The molecule has 0 aliphatic rings. The van der Waals surface area contributed by atoms with E-state index in [-0.39, 0.29) is 12.3 Å². The van der Waals surface area contributed by atoms with Crippen LogP contribution in [0.2, 0.25) is 0 Å². The number of nitrogens with zero attached hydrogens (tertiary/aromatic N) is 1. The number of amides is 2. The lowest BCUT2D eigenvalue weighted by molar-refractivity contribution is -0.120. The van der Waals surface area contributed by atoms with Crippen LogP contribution in [0.1, 0.15) is 21.6 Å². The molecule has 0 spiro atoms. The summed E-state index contributed by atoms with van der Waals surface area (Å²) in [6.45, 7) is 0.309. The minimum atomic E-state index is -0.496. The topological polar surface area (TPSA) is 98.2 Å². The second-order valence-corrected chi connectivity index (χ2v) is 5.53. The van der Waals surface area contributed by atoms with E-state index in [1.165, 1.54) is 6.26 Å². The molecule has 0 saturated carbocycles. The minimum absolute atomic E-state index is 0.117. The SMILES string of the molecule is NC(=O)c1cccc(CNC(=O)Cc2coc(-c3ccccc3)n2)c1. The third-order valence-electron chi connectivity index (χ3n) is 3.62. The van der Waals surface area contributed by atoms with Gasteiger partial charge in [0.2, 0.25) is 17.7 Å². The highest BCUT2D eigenvalue weighted by atomic mass is 16.3. The van der Waals surface area contributed by atoms with E-state index in [0.29, 0.717) is 23.7 Å². The van der Waals surface area contributed by atoms with Gasteiger partial charge in [-0.1, -0.05) is 30.3 Å². The predicted octanol–water partition coefficient (Wildman–Crippen LogP) is 2.30. The Hall–Kier alpha value is -3.41. The molecule has 3 aromatic rings. The second kappa shape index (κ2) is 7.44. The van der Waals surface area contributed by atoms with Crippen molar-refractivity contribution in [3.05, 3.63) is 77.7 Å². The zero-order valence-corrected chi connectivity index (χ0v) is 13.4. The van der Waals surface area contributed by atoms with Crippen LogP contribution in [0.4, 0.5) is 0 Å². The van der Waals surface area contributed by atoms with E-state index < -0.39 is 5.91 Å². The van der Waals surface area contributed by atoms with Crippen molar-refractivity contribution in [1.29, 1.82) is 0 Å². The van der Waals surface area contributed by atoms with Gasteiger partial charge < -0.3 is 15.5 Å². The summed E-state index contributed by atoms with van der Waals surface area (Å²) in [7, 11) is 0. The summed E-state index contributed by atoms with van der Waals surface area (Å²) in [6, 6.07) is 16.3. The number of oxazole rings is 1. The quantitative estimate of drug-likeness (QED) is 0.722. The van der Waals surface area contributed by atoms with Crippen molar-refractivity contribution in [3.8, 4) is 11.5 Å². The number of carbonyl (C=O) groups excluding carboxylic acids is 2. The molecule has 126 valence electrons. The first-order valence-corrected chi connectivity index (χ1v) is 7.77. The Bertz CT molecular complexity index is 888. The van der Waals surface area contributed by atoms with Crippen LogP contribution in [-0.4, -0.2) is 16.8 Å². The third kappa shape index (κ3) is 4.32. The van der Waals surface area contributed by atoms with Gasteiger partial charge in [-0.25, -0.2) is 4.98 Å². The molecular formula is C19H17N3O3. The summed E-state index contributed by atoms with van der Waals surface area (Å²) in [5.41, 5.74) is 7.88. The molecule has 0 saturated heterocycles. The maximum absolute atomic E-state index is 12.1. The summed E-state index contributed by atoms with van der Waals surface area (Å²) < 4.78 is 5.41. The standard InChI is InChI=1S/C19H17N3O3/c20-18(24)15-8-4-5-13(9-15)11-21-17(23)10-16-12-25-19(22-16)14-6-2-1-3-7-14/h1-9,12H,10-11H2,(H2,20,24)(H,21,23). The van der Waals surface area contributed by atoms with E-state index in [1.807, 2.05) is 36.4 Å². The van der Waals surface area contributed by atoms with E-state index in [1.54, 1.807) is 18.2 Å². The highest BCUT2D eigenvalue weighted by Crippen LogP contribution is 2.18. The third-order valence-corrected chi connectivity index (χ3v) is 3.62. The summed E-state index contributed by atoms with van der Waals surface area (Å²) in [4.78, 5) is 27.6. The number of carbonyl (C=O) groups is 2. The van der Waals surface area contributed by atoms with Crippen LogP contribution in [0.3, 0.4) is 0 Å². The van der Waals surface area contributed by atoms with Gasteiger partial charge in [0.05, 0.1) is 12.1 Å². The predicted molar refractivity (Wildman–Crippen MR) is 92.4 cm³/mol. The molecule has 0 radical (unpaired) electrons. The number of rotatable bonds is 6. The highest BCUT2D eigenvalue weighted by Gasteiger charge is 2.10. The van der Waals surface area contributed by atoms with Gasteiger partial charge in [0.25, 0.3) is 0 Å². The van der Waals surface area contributed by atoms with Crippen LogP contribution < -0.4 is 11.1 Å². The van der Waals surface area contributed by atoms with Crippen molar-refractivity contribution >= 4 is 11.8 Å². The lowest BCUT2D eigenvalue weighted by Crippen LogP contribution is -2.25. The Labute approximate surface area is 144 Å². The lowest BCUT2D eigenvalue weighted by atomic mass is 10.1. The number of aromatic nitrogens is 1. The number of hydrogen-bond donors (Lipinski definition) is 2. The van der Waals surface area contributed by atoms with E-state index in [9.17, 15) is 9.59 Å². The van der Waals surface area contributed by atoms with Gasteiger partial charge >= 0.3 is 0 Å². The molecule has 6 nitrogen and oxygen atoms in total. The van der Waals surface area contributed by atoms with Crippen LogP contribution >= 0.6 is 0 Å². The van der Waals surface area contributed by atoms with Gasteiger partial charge in [0.1, 0.15) is 6.26 Å². The van der Waals surface area contributed by atoms with Crippen LogP contribution in [-0.2, 0) is 17.8 Å². The van der Waals surface area contributed by atoms with Crippen LogP contribution in [0.5, 0.6) is 0 Å². The zero-order chi connectivity index (χ0) is 17.6. The fraction of sp³-hybridized carbons (Fsp3) is 0.105. The molecule has 2 amide bonds. The summed E-state index contributed by atoms with van der Waals surface area (Å²) >= 11 is 0. The molecule has 0 unspecified atom stereocenters. The maximum Gasteiger partial charge on any atom is 0.248 e. The zero-order valence-electron chi connectivity index (χ0n) is 13.4. The van der Waals surface area contributed by atoms with Crippen molar-refractivity contribution in [2.45, 2.75) is 13.0 Å². The largest absolute Gasteiger partial charge is 0.444 e. The normalized spacial score (nSPS) is 10.4. The van der Waals surface area contributed by atoms with Gasteiger partial charge in [0.15, 0.2) is 0 Å². The average molecular weight is 335 g/mol. The Morgan fingerprint density at radius 3 is 2.64 bits per heavy atom. The van der Waals surface area contributed by atoms with Gasteiger partial charge in [-0.15, -0.1) is 0 Å². The molecule has 1 heterocycles. The Morgan fingerprint density at radius 2 is 1.88 bits per heavy atom. The number of primary amides is 1. The van der Waals surface area contributed by atoms with Crippen molar-refractivity contribution in [1.82, 2.24) is 10.3 Å². The molecule has 2 aromatic carbocycles. The van der Waals surface area contributed by atoms with Crippen LogP contribution in [0.25, 0.3) is 11.5 Å². The van der Waals surface area contributed by atoms with Gasteiger partial charge in [-0.3, -0.25) is 9.59 Å². The maximum atomic E-state index is 12.1. The van der Waals surface area contributed by atoms with Crippen molar-refractivity contribution in [2.24, 2.45) is 5.73 Å². The summed E-state index contributed by atoms with van der Waals surface area (Å²) in [6.07, 6.45) is 1.60. The Kier molecular flexibility index (Phi) is 4.89. The number of benzene rings is 2. The number of hydrogen-bond acceptors (Lipinski definition) is 4. The minimum Gasteiger partial charge on any atom is -0.444 e. The van der Waals surface area contributed by atoms with Crippen molar-refractivity contribution in [2.75, 3.05) is 0 Å². The molecule has 0 atom stereocenters. The Morgan fingerprint density at radius 1 is 1.08 bits per heavy atom. The monoisotopic (exact) mass is 335 g/mol. The van der Waals surface area contributed by atoms with Crippen molar-refractivity contribution in [3.63, 3.8) is 0 Å². The molecular weight excluding hydrogens is 318 g/mol. The molecule has 3 N–H and O–H groups in total. The molecule has 0 aliphatic carbocycles. The highest BCUT2D eigenvalue weighted by molar-refractivity contribution is 5.92. The van der Waals surface area contributed by atoms with E-state index in [2.05, 4.69) is 10.3 Å². The van der Waals surface area contributed by atoms with Crippen LogP contribution in [0.15, 0.2) is 65.3 Å². The van der Waals surface area contributed by atoms with Gasteiger partial charge in [-0.2, -0.15) is 0 Å². The molecule has 0 bridgehead atoms. The Balaban J connectivity index is 1.57. The first-order chi connectivity index (χ1) is 12.1. The molecule has 3 rings (SSSR count). The van der Waals surface area contributed by atoms with E-state index in [4.69, 9.17) is 10.2 Å². The van der Waals surface area contributed by atoms with E-state index in [0.717, 1.165) is 11.1 Å². The van der Waals surface area contributed by atoms with E-state index >= 15 is 0 Å². The second-order valence-electron chi connectivity index (χ2n) is 5.53. The molecule has 6 heteroatoms. The summed E-state index contributed by atoms with van der Waals surface area (Å²) in [5, 5.41) is 2.79. The molecule has 0 aliphatic heterocycles. The number of nitrogens with one attached hydrogen (secondary N) is 1. The lowest BCUT2D eigenvalue weighted by Gasteiger charge is -2.05. The summed E-state index contributed by atoms with van der Waals surface area (Å²) in [5.74, 6) is -0.195. The number of nitrogens with two attached hydrogens (primary N) is 1. The van der Waals surface area contributed by atoms with Gasteiger partial charge in [0, 0.05) is 17.7 Å². The molecule has 1 aromatic heterocycles. The first kappa shape index (κ1) is 16.4. The fourth-order valence-electron chi connectivity index (χ4n) is 2.36. The molecule has 25 heavy (non-hydrogen) atoms. The van der Waals surface area contributed by atoms with Crippen LogP contribution in [0, 0.1) is 0 Å².